The van der Waals surface area contributed by atoms with E-state index < -0.39 is 5.92 Å². The number of nitrogens with two attached hydrogens (primary N) is 1. The number of benzene rings is 2. The molecule has 2 aliphatic rings. The molecule has 0 radical (unpaired) electrons. The van der Waals surface area contributed by atoms with Crippen molar-refractivity contribution >= 4 is 5.78 Å². The van der Waals surface area contributed by atoms with Crippen molar-refractivity contribution in [2.24, 2.45) is 5.73 Å². The number of ketones is 1. The lowest BCUT2D eigenvalue weighted by Gasteiger charge is -2.34. The van der Waals surface area contributed by atoms with E-state index in [-0.39, 0.29) is 23.2 Å². The van der Waals surface area contributed by atoms with E-state index in [1.165, 1.54) is 7.11 Å². The number of carbonyl (C=O) groups is 1. The number of rotatable bonds is 5. The molecule has 1 aliphatic heterocycles. The minimum atomic E-state index is -0.618. The van der Waals surface area contributed by atoms with E-state index in [4.69, 9.17) is 24.7 Å². The minimum absolute atomic E-state index is 0.0224. The van der Waals surface area contributed by atoms with Crippen molar-refractivity contribution in [3.8, 4) is 23.3 Å². The molecule has 7 nitrogen and oxygen atoms in total. The molecule has 0 saturated heterocycles. The van der Waals surface area contributed by atoms with Gasteiger partial charge in [-0.15, -0.1) is 0 Å². The van der Waals surface area contributed by atoms with Crippen LogP contribution in [-0.2, 0) is 9.53 Å². The summed E-state index contributed by atoms with van der Waals surface area (Å²) in [5.41, 5.74) is 8.57. The van der Waals surface area contributed by atoms with E-state index in [0.717, 1.165) is 11.3 Å². The fourth-order valence-corrected chi connectivity index (χ4v) is 4.39. The highest BCUT2D eigenvalue weighted by Crippen LogP contribution is 2.47. The standard InChI is InChI=1S/C25H24N2O5/c1-29-17-7-4-14(5-8-17)16-10-19(28)24-22(12-16)32-25(27)18(13-26)23(24)15-6-9-20(30-2)21(11-15)31-3/h4-9,11,16,23H,10,12,27H2,1-3H3/t16-,23-/m0/s1. The fraction of sp³-hybridized carbons (Fsp3) is 0.280. The summed E-state index contributed by atoms with van der Waals surface area (Å²) in [4.78, 5) is 13.4. The first-order valence-electron chi connectivity index (χ1n) is 10.2. The average molecular weight is 432 g/mol. The van der Waals surface area contributed by atoms with Gasteiger partial charge in [0.25, 0.3) is 0 Å². The molecule has 0 fully saturated rings. The molecule has 0 aromatic heterocycles. The Bertz CT molecular complexity index is 1160. The third-order valence-corrected chi connectivity index (χ3v) is 5.99. The molecular weight excluding hydrogens is 408 g/mol. The first-order chi connectivity index (χ1) is 15.5. The molecule has 2 aromatic carbocycles. The van der Waals surface area contributed by atoms with Crippen molar-refractivity contribution in [1.82, 2.24) is 0 Å². The van der Waals surface area contributed by atoms with Gasteiger partial charge in [-0.05, 0) is 41.3 Å². The second kappa shape index (κ2) is 8.67. The highest BCUT2D eigenvalue weighted by atomic mass is 16.5. The second-order valence-corrected chi connectivity index (χ2v) is 7.68. The first kappa shape index (κ1) is 21.3. The maximum absolute atomic E-state index is 13.4. The van der Waals surface area contributed by atoms with Gasteiger partial charge in [0.1, 0.15) is 23.2 Å². The van der Waals surface area contributed by atoms with Gasteiger partial charge in [-0.1, -0.05) is 18.2 Å². The molecule has 0 bridgehead atoms. The van der Waals surface area contributed by atoms with Crippen molar-refractivity contribution in [2.45, 2.75) is 24.7 Å². The topological polar surface area (TPSA) is 104 Å². The van der Waals surface area contributed by atoms with Crippen LogP contribution in [0.2, 0.25) is 0 Å². The summed E-state index contributed by atoms with van der Waals surface area (Å²) in [5.74, 6) is 1.63. The Morgan fingerprint density at radius 3 is 2.28 bits per heavy atom. The number of Topliss-reactive ketones (excluding diaryl/α,β-unsaturated/α-hetero) is 1. The molecule has 1 aliphatic carbocycles. The molecule has 164 valence electrons. The predicted molar refractivity (Wildman–Crippen MR) is 117 cm³/mol. The number of methoxy groups -OCH3 is 3. The number of hydrogen-bond acceptors (Lipinski definition) is 7. The van der Waals surface area contributed by atoms with Crippen LogP contribution in [0.4, 0.5) is 0 Å². The molecule has 7 heteroatoms. The number of nitriles is 1. The average Bonchev–Trinajstić information content (AvgIpc) is 2.82. The van der Waals surface area contributed by atoms with Gasteiger partial charge < -0.3 is 24.7 Å². The number of ether oxygens (including phenoxy) is 4. The first-order valence-corrected chi connectivity index (χ1v) is 10.2. The largest absolute Gasteiger partial charge is 0.497 e. The van der Waals surface area contributed by atoms with Gasteiger partial charge in [-0.2, -0.15) is 5.26 Å². The zero-order valence-corrected chi connectivity index (χ0v) is 18.2. The molecule has 1 heterocycles. The number of hydrogen-bond donors (Lipinski definition) is 1. The Morgan fingerprint density at radius 1 is 0.969 bits per heavy atom. The van der Waals surface area contributed by atoms with Crippen LogP contribution in [0.3, 0.4) is 0 Å². The van der Waals surface area contributed by atoms with Gasteiger partial charge >= 0.3 is 0 Å². The summed E-state index contributed by atoms with van der Waals surface area (Å²) in [7, 11) is 4.70. The van der Waals surface area contributed by atoms with Gasteiger partial charge in [0.2, 0.25) is 5.88 Å². The molecule has 2 N–H and O–H groups in total. The molecule has 0 unspecified atom stereocenters. The van der Waals surface area contributed by atoms with Crippen molar-refractivity contribution in [3.63, 3.8) is 0 Å². The lowest BCUT2D eigenvalue weighted by atomic mass is 9.73. The Morgan fingerprint density at radius 2 is 1.66 bits per heavy atom. The van der Waals surface area contributed by atoms with E-state index in [9.17, 15) is 10.1 Å². The summed E-state index contributed by atoms with van der Waals surface area (Å²) in [5, 5.41) is 9.81. The van der Waals surface area contributed by atoms with E-state index >= 15 is 0 Å². The van der Waals surface area contributed by atoms with Gasteiger partial charge in [-0.25, -0.2) is 0 Å². The monoisotopic (exact) mass is 432 g/mol. The summed E-state index contributed by atoms with van der Waals surface area (Å²) < 4.78 is 21.8. The molecular formula is C25H24N2O5. The Hall–Kier alpha value is -3.92. The SMILES string of the molecule is COc1ccc([C@H]2CC(=O)C3=C(C2)OC(N)=C(C#N)[C@@H]3c2ccc(OC)c(OC)c2)cc1. The van der Waals surface area contributed by atoms with E-state index in [1.807, 2.05) is 30.3 Å². The maximum atomic E-state index is 13.4. The molecule has 2 aromatic rings. The lowest BCUT2D eigenvalue weighted by molar-refractivity contribution is -0.117. The maximum Gasteiger partial charge on any atom is 0.205 e. The van der Waals surface area contributed by atoms with Crippen molar-refractivity contribution in [3.05, 3.63) is 76.4 Å². The number of allylic oxidation sites excluding steroid dienone is 3. The van der Waals surface area contributed by atoms with Crippen LogP contribution in [0.15, 0.2) is 65.3 Å². The minimum Gasteiger partial charge on any atom is -0.497 e. The number of carbonyl (C=O) groups excluding carboxylic acids is 1. The molecule has 0 saturated carbocycles. The third-order valence-electron chi connectivity index (χ3n) is 5.99. The van der Waals surface area contributed by atoms with E-state index in [1.54, 1.807) is 26.4 Å². The Kier molecular flexibility index (Phi) is 5.78. The number of nitrogens with zero attached hydrogens (tertiary/aromatic N) is 1. The molecule has 0 spiro atoms. The molecule has 4 rings (SSSR count). The van der Waals surface area contributed by atoms with Gasteiger partial charge in [-0.3, -0.25) is 4.79 Å². The van der Waals surface area contributed by atoms with E-state index in [2.05, 4.69) is 6.07 Å². The second-order valence-electron chi connectivity index (χ2n) is 7.68. The molecule has 0 amide bonds. The van der Waals surface area contributed by atoms with Crippen LogP contribution in [0.25, 0.3) is 0 Å². The molecule has 2 atom stereocenters. The predicted octanol–water partition coefficient (Wildman–Crippen LogP) is 3.92. The fourth-order valence-electron chi connectivity index (χ4n) is 4.39. The van der Waals surface area contributed by atoms with Crippen LogP contribution in [0.1, 0.15) is 35.8 Å². The van der Waals surface area contributed by atoms with Crippen LogP contribution in [0, 0.1) is 11.3 Å². The van der Waals surface area contributed by atoms with E-state index in [0.29, 0.717) is 41.2 Å². The summed E-state index contributed by atoms with van der Waals surface area (Å²) in [6, 6.07) is 15.1. The van der Waals surface area contributed by atoms with Crippen LogP contribution in [-0.4, -0.2) is 27.1 Å². The Balaban J connectivity index is 1.76. The van der Waals surface area contributed by atoms with Gasteiger partial charge in [0, 0.05) is 18.4 Å². The molecule has 32 heavy (non-hydrogen) atoms. The van der Waals surface area contributed by atoms with Crippen LogP contribution in [0.5, 0.6) is 17.2 Å². The zero-order valence-electron chi connectivity index (χ0n) is 18.2. The quantitative estimate of drug-likeness (QED) is 0.764. The van der Waals surface area contributed by atoms with Gasteiger partial charge in [0.15, 0.2) is 17.3 Å². The third kappa shape index (κ3) is 3.65. The van der Waals surface area contributed by atoms with Gasteiger partial charge in [0.05, 0.1) is 27.2 Å². The highest BCUT2D eigenvalue weighted by Gasteiger charge is 2.41. The van der Waals surface area contributed by atoms with Crippen molar-refractivity contribution in [2.75, 3.05) is 21.3 Å². The summed E-state index contributed by atoms with van der Waals surface area (Å²) in [6.45, 7) is 0. The highest BCUT2D eigenvalue weighted by molar-refractivity contribution is 6.00. The lowest BCUT2D eigenvalue weighted by Crippen LogP contribution is -2.29. The van der Waals surface area contributed by atoms with Crippen LogP contribution >= 0.6 is 0 Å². The van der Waals surface area contributed by atoms with Crippen molar-refractivity contribution in [1.29, 1.82) is 5.26 Å². The van der Waals surface area contributed by atoms with Crippen molar-refractivity contribution < 1.29 is 23.7 Å². The normalized spacial score (nSPS) is 20.2. The summed E-state index contributed by atoms with van der Waals surface area (Å²) >= 11 is 0. The zero-order chi connectivity index (χ0) is 22.8. The Labute approximate surface area is 186 Å². The summed E-state index contributed by atoms with van der Waals surface area (Å²) in [6.07, 6.45) is 0.827. The smallest absolute Gasteiger partial charge is 0.205 e. The van der Waals surface area contributed by atoms with Crippen LogP contribution < -0.4 is 19.9 Å².